The minimum Gasteiger partial charge on any atom is -0.508 e. The third kappa shape index (κ3) is 4.23. The van der Waals surface area contributed by atoms with Gasteiger partial charge in [0, 0.05) is 27.8 Å². The molecule has 1 aromatic heterocycles. The normalized spacial score (nSPS) is 11.2. The van der Waals surface area contributed by atoms with E-state index in [4.69, 9.17) is 4.42 Å². The first-order chi connectivity index (χ1) is 18.0. The summed E-state index contributed by atoms with van der Waals surface area (Å²) in [5.74, 6) is 0.0410. The van der Waals surface area contributed by atoms with Gasteiger partial charge in [-0.25, -0.2) is 4.79 Å². The molecule has 0 bridgehead atoms. The molecule has 1 N–H and O–H groups in total. The van der Waals surface area contributed by atoms with Gasteiger partial charge >= 0.3 is 5.63 Å². The lowest BCUT2D eigenvalue weighted by Gasteiger charge is -2.26. The quantitative estimate of drug-likeness (QED) is 0.202. The molecule has 0 aliphatic carbocycles. The molecule has 4 nitrogen and oxygen atoms in total. The van der Waals surface area contributed by atoms with Crippen LogP contribution in [0.3, 0.4) is 0 Å². The van der Waals surface area contributed by atoms with Crippen molar-refractivity contribution in [3.63, 3.8) is 0 Å². The zero-order valence-corrected chi connectivity index (χ0v) is 20.6. The molecule has 6 aromatic rings. The highest BCUT2D eigenvalue weighted by molar-refractivity contribution is 6.05. The zero-order chi connectivity index (χ0) is 25.5. The Hall–Kier alpha value is -4.83. The molecule has 0 fully saturated rings. The Morgan fingerprint density at radius 2 is 1.22 bits per heavy atom. The van der Waals surface area contributed by atoms with Gasteiger partial charge < -0.3 is 14.4 Å². The van der Waals surface area contributed by atoms with Crippen molar-refractivity contribution in [2.75, 3.05) is 4.90 Å². The molecule has 0 atom stereocenters. The first-order valence-electron chi connectivity index (χ1n) is 12.2. The SMILES string of the molecule is Cc1ccc(N(c2ccc(C)cc2)c2cccc(-c3ccc4c(c3)oc(=O)c3cc(O)ccc34)c2)cc1. The van der Waals surface area contributed by atoms with E-state index in [-0.39, 0.29) is 5.75 Å². The minimum atomic E-state index is -0.464. The summed E-state index contributed by atoms with van der Waals surface area (Å²) in [6, 6.07) is 36.1. The van der Waals surface area contributed by atoms with Crippen molar-refractivity contribution in [3.05, 3.63) is 131 Å². The second-order valence-corrected chi connectivity index (χ2v) is 9.39. The number of benzene rings is 5. The van der Waals surface area contributed by atoms with Gasteiger partial charge in [-0.3, -0.25) is 0 Å². The molecule has 0 aliphatic rings. The van der Waals surface area contributed by atoms with Crippen LogP contribution in [0.2, 0.25) is 0 Å². The average molecular weight is 484 g/mol. The zero-order valence-electron chi connectivity index (χ0n) is 20.6. The van der Waals surface area contributed by atoms with Crippen LogP contribution in [0.15, 0.2) is 118 Å². The summed E-state index contributed by atoms with van der Waals surface area (Å²) < 4.78 is 5.65. The Balaban J connectivity index is 1.48. The highest BCUT2D eigenvalue weighted by atomic mass is 16.4. The van der Waals surface area contributed by atoms with Crippen molar-refractivity contribution in [1.82, 2.24) is 0 Å². The lowest BCUT2D eigenvalue weighted by Crippen LogP contribution is -2.10. The number of rotatable bonds is 4. The van der Waals surface area contributed by atoms with Gasteiger partial charge in [-0.1, -0.05) is 53.6 Å². The molecule has 0 spiro atoms. The van der Waals surface area contributed by atoms with Crippen LogP contribution in [0, 0.1) is 13.8 Å². The molecule has 1 heterocycles. The average Bonchev–Trinajstić information content (AvgIpc) is 2.91. The predicted octanol–water partition coefficient (Wildman–Crippen LogP) is 8.41. The number of anilines is 3. The van der Waals surface area contributed by atoms with Crippen LogP contribution in [0.1, 0.15) is 11.1 Å². The second-order valence-electron chi connectivity index (χ2n) is 9.39. The second kappa shape index (κ2) is 8.99. The highest BCUT2D eigenvalue weighted by Gasteiger charge is 2.14. The molecule has 4 heteroatoms. The maximum absolute atomic E-state index is 12.6. The standard InChI is InChI=1S/C33H25NO3/c1-21-6-11-25(12-7-21)34(26-13-8-22(2)9-14-26)27-5-3-4-23(18-27)24-10-16-30-29-17-15-28(35)20-31(29)33(36)37-32(30)19-24/h3-20,35H,1-2H3. The molecule has 37 heavy (non-hydrogen) atoms. The van der Waals surface area contributed by atoms with Crippen LogP contribution >= 0.6 is 0 Å². The Morgan fingerprint density at radius 1 is 0.595 bits per heavy atom. The van der Waals surface area contributed by atoms with E-state index in [0.717, 1.165) is 39.0 Å². The van der Waals surface area contributed by atoms with Crippen molar-refractivity contribution in [3.8, 4) is 16.9 Å². The number of aromatic hydroxyl groups is 1. The van der Waals surface area contributed by atoms with E-state index in [9.17, 15) is 9.90 Å². The third-order valence-electron chi connectivity index (χ3n) is 6.72. The molecular weight excluding hydrogens is 458 g/mol. The van der Waals surface area contributed by atoms with Crippen molar-refractivity contribution in [1.29, 1.82) is 0 Å². The van der Waals surface area contributed by atoms with E-state index in [1.165, 1.54) is 17.2 Å². The minimum absolute atomic E-state index is 0.0410. The van der Waals surface area contributed by atoms with Crippen LogP contribution in [0.4, 0.5) is 17.1 Å². The highest BCUT2D eigenvalue weighted by Crippen LogP contribution is 2.37. The van der Waals surface area contributed by atoms with Gasteiger partial charge in [-0.2, -0.15) is 0 Å². The smallest absolute Gasteiger partial charge is 0.344 e. The monoisotopic (exact) mass is 483 g/mol. The molecule has 0 saturated carbocycles. The van der Waals surface area contributed by atoms with Gasteiger partial charge in [0.2, 0.25) is 0 Å². The Labute approximate surface area is 214 Å². The van der Waals surface area contributed by atoms with Crippen LogP contribution in [-0.4, -0.2) is 5.11 Å². The summed E-state index contributed by atoms with van der Waals surface area (Å²) in [5.41, 5.74) is 7.61. The van der Waals surface area contributed by atoms with Crippen molar-refractivity contribution >= 4 is 38.8 Å². The lowest BCUT2D eigenvalue weighted by atomic mass is 10.0. The van der Waals surface area contributed by atoms with Crippen molar-refractivity contribution < 1.29 is 9.52 Å². The van der Waals surface area contributed by atoms with Crippen molar-refractivity contribution in [2.45, 2.75) is 13.8 Å². The lowest BCUT2D eigenvalue weighted by molar-refractivity contribution is 0.475. The van der Waals surface area contributed by atoms with E-state index in [1.807, 2.05) is 24.3 Å². The van der Waals surface area contributed by atoms with Gasteiger partial charge in [0.1, 0.15) is 11.3 Å². The Kier molecular flexibility index (Phi) is 5.50. The number of phenolic OH excluding ortho intramolecular Hbond substituents is 1. The summed E-state index contributed by atoms with van der Waals surface area (Å²) in [4.78, 5) is 14.9. The topological polar surface area (TPSA) is 53.7 Å². The molecular formula is C33H25NO3. The fraction of sp³-hybridized carbons (Fsp3) is 0.0606. The van der Waals surface area contributed by atoms with Gasteiger partial charge in [0.05, 0.1) is 5.39 Å². The van der Waals surface area contributed by atoms with Gasteiger partial charge in [-0.05, 0) is 91.7 Å². The van der Waals surface area contributed by atoms with Crippen LogP contribution in [0.5, 0.6) is 5.75 Å². The molecule has 0 amide bonds. The van der Waals surface area contributed by atoms with E-state index in [2.05, 4.69) is 85.5 Å². The molecule has 5 aromatic carbocycles. The summed E-state index contributed by atoms with van der Waals surface area (Å²) in [6.07, 6.45) is 0. The molecule has 6 rings (SSSR count). The molecule has 0 aliphatic heterocycles. The fourth-order valence-corrected chi connectivity index (χ4v) is 4.76. The summed E-state index contributed by atoms with van der Waals surface area (Å²) in [5, 5.41) is 11.8. The third-order valence-corrected chi connectivity index (χ3v) is 6.72. The van der Waals surface area contributed by atoms with Crippen LogP contribution in [0.25, 0.3) is 32.9 Å². The number of hydrogen-bond acceptors (Lipinski definition) is 4. The van der Waals surface area contributed by atoms with E-state index in [1.54, 1.807) is 12.1 Å². The maximum Gasteiger partial charge on any atom is 0.344 e. The largest absolute Gasteiger partial charge is 0.508 e. The van der Waals surface area contributed by atoms with Crippen molar-refractivity contribution in [2.24, 2.45) is 0 Å². The number of hydrogen-bond donors (Lipinski definition) is 1. The first-order valence-corrected chi connectivity index (χ1v) is 12.2. The molecule has 180 valence electrons. The summed E-state index contributed by atoms with van der Waals surface area (Å²) >= 11 is 0. The Morgan fingerprint density at radius 3 is 1.89 bits per heavy atom. The Bertz CT molecular complexity index is 1770. The summed E-state index contributed by atoms with van der Waals surface area (Å²) in [6.45, 7) is 4.18. The van der Waals surface area contributed by atoms with Crippen LogP contribution in [-0.2, 0) is 0 Å². The van der Waals surface area contributed by atoms with E-state index < -0.39 is 5.63 Å². The molecule has 0 radical (unpaired) electrons. The van der Waals surface area contributed by atoms with E-state index >= 15 is 0 Å². The molecule has 0 unspecified atom stereocenters. The van der Waals surface area contributed by atoms with Crippen LogP contribution < -0.4 is 10.5 Å². The molecule has 0 saturated heterocycles. The van der Waals surface area contributed by atoms with Gasteiger partial charge in [0.15, 0.2) is 0 Å². The predicted molar refractivity (Wildman–Crippen MR) is 151 cm³/mol. The van der Waals surface area contributed by atoms with Gasteiger partial charge in [0.25, 0.3) is 0 Å². The van der Waals surface area contributed by atoms with Gasteiger partial charge in [-0.15, -0.1) is 0 Å². The maximum atomic E-state index is 12.6. The summed E-state index contributed by atoms with van der Waals surface area (Å²) in [7, 11) is 0. The number of aryl methyl sites for hydroxylation is 2. The number of nitrogens with zero attached hydrogens (tertiary/aromatic N) is 1. The van der Waals surface area contributed by atoms with E-state index in [0.29, 0.717) is 11.0 Å². The fourth-order valence-electron chi connectivity index (χ4n) is 4.76. The number of fused-ring (bicyclic) bond motifs is 3. The first kappa shape index (κ1) is 22.6. The number of phenols is 1.